The van der Waals surface area contributed by atoms with E-state index in [1.54, 1.807) is 41.1 Å². The molecule has 54 heavy (non-hydrogen) atoms. The SMILES string of the molecule is CNC(=O)CCC(C=O)N1C(=O)c2cccc(CCCOCCCN(C)[S+]([O-])N3CCC(N=Cc4ccc(=O)n(C5CCCC5)c4N=CN)CC3)c2C1=O. The van der Waals surface area contributed by atoms with E-state index in [-0.39, 0.29) is 42.0 Å². The number of aliphatic imine (C=N–C) groups is 2. The Morgan fingerprint density at radius 2 is 1.83 bits per heavy atom. The average molecular weight is 765 g/mol. The Kier molecular flexibility index (Phi) is 15.1. The zero-order valence-corrected chi connectivity index (χ0v) is 32.0. The largest absolute Gasteiger partial charge is 0.578 e. The maximum Gasteiger partial charge on any atom is 0.262 e. The quantitative estimate of drug-likeness (QED) is 0.0537. The lowest BCUT2D eigenvalue weighted by Crippen LogP contribution is -2.46. The van der Waals surface area contributed by atoms with Crippen LogP contribution in [0.25, 0.3) is 0 Å². The van der Waals surface area contributed by atoms with Crippen molar-refractivity contribution < 1.29 is 28.5 Å². The number of aldehydes is 1. The van der Waals surface area contributed by atoms with Crippen LogP contribution in [0.15, 0.2) is 45.1 Å². The first-order chi connectivity index (χ1) is 26.2. The summed E-state index contributed by atoms with van der Waals surface area (Å²) in [6.45, 7) is 2.80. The Morgan fingerprint density at radius 1 is 1.09 bits per heavy atom. The summed E-state index contributed by atoms with van der Waals surface area (Å²) in [5.74, 6) is -0.763. The molecule has 1 saturated heterocycles. The van der Waals surface area contributed by atoms with Crippen molar-refractivity contribution >= 4 is 53.9 Å². The van der Waals surface area contributed by atoms with E-state index in [1.165, 1.54) is 13.4 Å². The molecule has 2 aliphatic heterocycles. The number of nitrogens with one attached hydrogen (secondary N) is 1. The fourth-order valence-electron chi connectivity index (χ4n) is 7.39. The van der Waals surface area contributed by atoms with Crippen molar-refractivity contribution in [2.24, 2.45) is 15.7 Å². The number of carbonyl (C=O) groups is 4. The molecule has 292 valence electrons. The zero-order valence-electron chi connectivity index (χ0n) is 31.2. The molecule has 3 amide bonds. The molecule has 2 fully saturated rings. The second-order valence-electron chi connectivity index (χ2n) is 13.9. The molecule has 5 rings (SSSR count). The van der Waals surface area contributed by atoms with Gasteiger partial charge in [0.1, 0.15) is 23.7 Å². The van der Waals surface area contributed by atoms with Gasteiger partial charge in [-0.3, -0.25) is 33.6 Å². The van der Waals surface area contributed by atoms with Crippen molar-refractivity contribution in [2.75, 3.05) is 46.9 Å². The van der Waals surface area contributed by atoms with Gasteiger partial charge in [-0.25, -0.2) is 4.99 Å². The molecule has 0 bridgehead atoms. The molecule has 2 unspecified atom stereocenters. The smallest absolute Gasteiger partial charge is 0.262 e. The molecular formula is C38H52N8O7S. The van der Waals surface area contributed by atoms with Gasteiger partial charge in [0, 0.05) is 77.3 Å². The molecule has 15 nitrogen and oxygen atoms in total. The van der Waals surface area contributed by atoms with Crippen LogP contribution in [0, 0.1) is 0 Å². The van der Waals surface area contributed by atoms with Gasteiger partial charge < -0.3 is 25.1 Å². The van der Waals surface area contributed by atoms with Crippen LogP contribution in [0.1, 0.15) is 102 Å². The van der Waals surface area contributed by atoms with E-state index in [9.17, 15) is 28.5 Å². The van der Waals surface area contributed by atoms with E-state index in [4.69, 9.17) is 15.5 Å². The minimum Gasteiger partial charge on any atom is -0.578 e. The molecule has 3 N–H and O–H groups in total. The summed E-state index contributed by atoms with van der Waals surface area (Å²) in [5.41, 5.74) is 7.63. The number of pyridine rings is 1. The highest BCUT2D eigenvalue weighted by Gasteiger charge is 2.41. The summed E-state index contributed by atoms with van der Waals surface area (Å²) in [7, 11) is 3.32. The van der Waals surface area contributed by atoms with Crippen LogP contribution in [0.5, 0.6) is 0 Å². The summed E-state index contributed by atoms with van der Waals surface area (Å²) in [5, 5.41) is 2.48. The van der Waals surface area contributed by atoms with Gasteiger partial charge in [-0.2, -0.15) is 0 Å². The van der Waals surface area contributed by atoms with Crippen LogP contribution in [0.2, 0.25) is 0 Å². The Labute approximate surface area is 319 Å². The van der Waals surface area contributed by atoms with E-state index in [1.807, 2.05) is 15.7 Å². The van der Waals surface area contributed by atoms with Crippen molar-refractivity contribution in [1.29, 1.82) is 0 Å². The first-order valence-electron chi connectivity index (χ1n) is 18.8. The van der Waals surface area contributed by atoms with Crippen molar-refractivity contribution in [1.82, 2.24) is 23.4 Å². The lowest BCUT2D eigenvalue weighted by Gasteiger charge is -2.33. The number of piperidine rings is 1. The standard InChI is InChI=1S/C38H52N8O7S/c1-40-33(48)15-14-31(25-47)46-37(50)32-12-5-8-27(35(32)38(46)51)9-6-22-53-23-7-19-43(2)54(52)44-20-17-29(18-21-44)41-24-28-13-16-34(49)45(36(28)42-26-39)30-10-3-4-11-30/h5,8,12-13,16,24-26,29-31H,3-4,6-7,9-11,14-15,17-23H2,1-2H3,(H2,39,42)(H,40,48). The fraction of sp³-hybridized carbons (Fsp3) is 0.553. The molecule has 2 aromatic rings. The maximum absolute atomic E-state index is 13.3. The first kappa shape index (κ1) is 41.0. The number of carbonyl (C=O) groups excluding carboxylic acids is 4. The average Bonchev–Trinajstić information content (AvgIpc) is 3.81. The van der Waals surface area contributed by atoms with Crippen molar-refractivity contribution in [3.63, 3.8) is 0 Å². The first-order valence-corrected chi connectivity index (χ1v) is 19.9. The van der Waals surface area contributed by atoms with Gasteiger partial charge in [-0.15, -0.1) is 8.61 Å². The van der Waals surface area contributed by atoms with Gasteiger partial charge in [-0.1, -0.05) is 25.0 Å². The summed E-state index contributed by atoms with van der Waals surface area (Å²) >= 11 is -1.29. The molecule has 16 heteroatoms. The third-order valence-electron chi connectivity index (χ3n) is 10.3. The maximum atomic E-state index is 13.3. The highest BCUT2D eigenvalue weighted by molar-refractivity contribution is 7.86. The Morgan fingerprint density at radius 3 is 2.54 bits per heavy atom. The normalized spacial score (nSPS) is 18.3. The van der Waals surface area contributed by atoms with Crippen LogP contribution in [0.3, 0.4) is 0 Å². The second-order valence-corrected chi connectivity index (χ2v) is 15.5. The lowest BCUT2D eigenvalue weighted by atomic mass is 9.99. The summed E-state index contributed by atoms with van der Waals surface area (Å²) < 4.78 is 24.6. The predicted molar refractivity (Wildman–Crippen MR) is 207 cm³/mol. The van der Waals surface area contributed by atoms with Gasteiger partial charge >= 0.3 is 0 Å². The van der Waals surface area contributed by atoms with Crippen LogP contribution in [-0.4, -0.2) is 118 Å². The Balaban J connectivity index is 1.02. The van der Waals surface area contributed by atoms with Crippen molar-refractivity contribution in [3.05, 3.63) is 62.9 Å². The number of imide groups is 1. The molecule has 1 aliphatic carbocycles. The number of nitrogens with zero attached hydrogens (tertiary/aromatic N) is 6. The molecule has 1 aromatic carbocycles. The number of fused-ring (bicyclic) bond motifs is 1. The molecule has 1 aromatic heterocycles. The number of aromatic nitrogens is 1. The molecule has 1 saturated carbocycles. The van der Waals surface area contributed by atoms with Crippen LogP contribution in [0.4, 0.5) is 5.82 Å². The molecular weight excluding hydrogens is 713 g/mol. The van der Waals surface area contributed by atoms with Gasteiger partial charge in [0.05, 0.1) is 29.5 Å². The number of hydrogen-bond donors (Lipinski definition) is 2. The third-order valence-corrected chi connectivity index (χ3v) is 11.8. The number of nitrogens with two attached hydrogens (primary N) is 1. The Hall–Kier alpha value is -4.22. The topological polar surface area (TPSA) is 195 Å². The lowest BCUT2D eigenvalue weighted by molar-refractivity contribution is -0.121. The molecule has 3 aliphatic rings. The summed E-state index contributed by atoms with van der Waals surface area (Å²) in [6.07, 6.45) is 11.1. The highest BCUT2D eigenvalue weighted by atomic mass is 32.2. The minimum absolute atomic E-state index is 0.0219. The van der Waals surface area contributed by atoms with Crippen LogP contribution < -0.4 is 16.6 Å². The number of hydrogen-bond acceptors (Lipinski definition) is 11. The van der Waals surface area contributed by atoms with Gasteiger partial charge in [0.2, 0.25) is 5.91 Å². The fourth-order valence-corrected chi connectivity index (χ4v) is 8.59. The molecule has 3 heterocycles. The number of rotatable bonds is 19. The summed E-state index contributed by atoms with van der Waals surface area (Å²) in [4.78, 5) is 72.7. The van der Waals surface area contributed by atoms with E-state index < -0.39 is 29.4 Å². The minimum atomic E-state index is -1.29. The highest BCUT2D eigenvalue weighted by Crippen LogP contribution is 2.33. The van der Waals surface area contributed by atoms with Crippen LogP contribution >= 0.6 is 0 Å². The van der Waals surface area contributed by atoms with E-state index in [0.29, 0.717) is 75.3 Å². The Bertz CT molecular complexity index is 1750. The van der Waals surface area contributed by atoms with Crippen molar-refractivity contribution in [2.45, 2.75) is 88.8 Å². The monoisotopic (exact) mass is 764 g/mol. The number of amides is 3. The third kappa shape index (κ3) is 9.90. The second kappa shape index (κ2) is 19.9. The van der Waals surface area contributed by atoms with Gasteiger partial charge in [0.25, 0.3) is 17.4 Å². The van der Waals surface area contributed by atoms with Crippen molar-refractivity contribution in [3.8, 4) is 0 Å². The van der Waals surface area contributed by atoms with E-state index in [2.05, 4.69) is 10.3 Å². The molecule has 0 spiro atoms. The van der Waals surface area contributed by atoms with Gasteiger partial charge in [-0.05, 0) is 69.1 Å². The van der Waals surface area contributed by atoms with Gasteiger partial charge in [0.15, 0.2) is 0 Å². The van der Waals surface area contributed by atoms with E-state index in [0.717, 1.165) is 49.0 Å². The number of aryl methyl sites for hydroxylation is 1. The molecule has 2 atom stereocenters. The number of benzene rings is 1. The predicted octanol–water partition coefficient (Wildman–Crippen LogP) is 2.70. The zero-order chi connectivity index (χ0) is 38.6. The molecule has 0 radical (unpaired) electrons. The number of ether oxygens (including phenoxy) is 1. The van der Waals surface area contributed by atoms with E-state index >= 15 is 0 Å². The summed E-state index contributed by atoms with van der Waals surface area (Å²) in [6, 6.07) is 7.63. The van der Waals surface area contributed by atoms with Crippen LogP contribution in [-0.2, 0) is 32.3 Å².